The highest BCUT2D eigenvalue weighted by atomic mass is 19.2. The Morgan fingerprint density at radius 3 is 2.31 bits per heavy atom. The monoisotopic (exact) mass is 192 g/mol. The molecule has 0 amide bonds. The first-order valence-electron chi connectivity index (χ1n) is 4.97. The third-order valence-corrected chi connectivity index (χ3v) is 2.83. The molecule has 3 heteroatoms. The van der Waals surface area contributed by atoms with E-state index in [4.69, 9.17) is 4.74 Å². The summed E-state index contributed by atoms with van der Waals surface area (Å²) in [4.78, 5) is 0. The molecule has 1 aliphatic carbocycles. The quantitative estimate of drug-likeness (QED) is 0.653. The fraction of sp³-hybridized carbons (Fsp3) is 1.00. The standard InChI is InChI=1S/C10H18F2O/c1-4-13-10-7(3)5-6(2)8(11)9(10)12/h6-10H,4-5H2,1-3H3. The maximum Gasteiger partial charge on any atom is 0.158 e. The van der Waals surface area contributed by atoms with Gasteiger partial charge in [-0.2, -0.15) is 0 Å². The molecule has 0 bridgehead atoms. The molecule has 1 nitrogen and oxygen atoms in total. The van der Waals surface area contributed by atoms with Crippen molar-refractivity contribution < 1.29 is 13.5 Å². The van der Waals surface area contributed by atoms with Crippen LogP contribution in [0.2, 0.25) is 0 Å². The topological polar surface area (TPSA) is 9.23 Å². The zero-order valence-corrected chi connectivity index (χ0v) is 8.47. The summed E-state index contributed by atoms with van der Waals surface area (Å²) in [5.74, 6) is -0.0568. The molecular weight excluding hydrogens is 174 g/mol. The first-order chi connectivity index (χ1) is 6.07. The van der Waals surface area contributed by atoms with Gasteiger partial charge in [-0.25, -0.2) is 8.78 Å². The van der Waals surface area contributed by atoms with Gasteiger partial charge in [-0.1, -0.05) is 13.8 Å². The maximum atomic E-state index is 13.4. The smallest absolute Gasteiger partial charge is 0.158 e. The van der Waals surface area contributed by atoms with Crippen molar-refractivity contribution in [1.82, 2.24) is 0 Å². The number of halogens is 2. The molecule has 1 saturated carbocycles. The molecule has 0 aliphatic heterocycles. The molecule has 1 aliphatic rings. The van der Waals surface area contributed by atoms with Gasteiger partial charge in [0.25, 0.3) is 0 Å². The molecule has 0 aromatic heterocycles. The van der Waals surface area contributed by atoms with Crippen molar-refractivity contribution in [2.24, 2.45) is 11.8 Å². The zero-order chi connectivity index (χ0) is 10.0. The molecule has 78 valence electrons. The second kappa shape index (κ2) is 4.36. The lowest BCUT2D eigenvalue weighted by Gasteiger charge is -2.37. The highest BCUT2D eigenvalue weighted by molar-refractivity contribution is 4.90. The van der Waals surface area contributed by atoms with Gasteiger partial charge in [-0.3, -0.25) is 0 Å². The van der Waals surface area contributed by atoms with E-state index in [9.17, 15) is 8.78 Å². The van der Waals surface area contributed by atoms with Gasteiger partial charge in [0.05, 0.1) is 6.10 Å². The van der Waals surface area contributed by atoms with Gasteiger partial charge in [0, 0.05) is 6.61 Å². The molecule has 0 aromatic rings. The van der Waals surface area contributed by atoms with Crippen molar-refractivity contribution in [3.8, 4) is 0 Å². The number of hydrogen-bond acceptors (Lipinski definition) is 1. The van der Waals surface area contributed by atoms with Crippen LogP contribution in [0, 0.1) is 11.8 Å². The third-order valence-electron chi connectivity index (χ3n) is 2.83. The number of rotatable bonds is 2. The Labute approximate surface area is 78.5 Å². The summed E-state index contributed by atoms with van der Waals surface area (Å²) < 4.78 is 31.9. The van der Waals surface area contributed by atoms with E-state index in [-0.39, 0.29) is 11.8 Å². The first kappa shape index (κ1) is 10.9. The van der Waals surface area contributed by atoms with Gasteiger partial charge in [-0.05, 0) is 25.2 Å². The van der Waals surface area contributed by atoms with E-state index < -0.39 is 18.4 Å². The summed E-state index contributed by atoms with van der Waals surface area (Å²) in [6, 6.07) is 0. The molecule has 1 rings (SSSR count). The fourth-order valence-corrected chi connectivity index (χ4v) is 2.11. The molecule has 13 heavy (non-hydrogen) atoms. The van der Waals surface area contributed by atoms with Crippen LogP contribution in [0.4, 0.5) is 8.78 Å². The molecule has 0 radical (unpaired) electrons. The fourth-order valence-electron chi connectivity index (χ4n) is 2.11. The van der Waals surface area contributed by atoms with E-state index in [0.29, 0.717) is 13.0 Å². The van der Waals surface area contributed by atoms with Gasteiger partial charge < -0.3 is 4.74 Å². The van der Waals surface area contributed by atoms with E-state index >= 15 is 0 Å². The maximum absolute atomic E-state index is 13.4. The Morgan fingerprint density at radius 1 is 1.15 bits per heavy atom. The van der Waals surface area contributed by atoms with Crippen LogP contribution in [0.3, 0.4) is 0 Å². The molecule has 0 N–H and O–H groups in total. The van der Waals surface area contributed by atoms with Crippen LogP contribution in [0.15, 0.2) is 0 Å². The SMILES string of the molecule is CCOC1C(C)CC(C)C(F)C1F. The highest BCUT2D eigenvalue weighted by Crippen LogP contribution is 2.34. The van der Waals surface area contributed by atoms with E-state index in [1.165, 1.54) is 0 Å². The van der Waals surface area contributed by atoms with Gasteiger partial charge in [-0.15, -0.1) is 0 Å². The highest BCUT2D eigenvalue weighted by Gasteiger charge is 2.42. The summed E-state index contributed by atoms with van der Waals surface area (Å²) in [6.45, 7) is 5.95. The van der Waals surface area contributed by atoms with Crippen molar-refractivity contribution in [2.45, 2.75) is 45.6 Å². The summed E-state index contributed by atoms with van der Waals surface area (Å²) in [6.07, 6.45) is -2.63. The molecule has 0 aromatic carbocycles. The van der Waals surface area contributed by atoms with Crippen LogP contribution in [-0.4, -0.2) is 25.1 Å². The molecule has 0 heterocycles. The Hall–Kier alpha value is -0.180. The molecule has 0 spiro atoms. The number of alkyl halides is 2. The second-order valence-electron chi connectivity index (χ2n) is 4.00. The predicted molar refractivity (Wildman–Crippen MR) is 48.2 cm³/mol. The Morgan fingerprint density at radius 2 is 1.77 bits per heavy atom. The van der Waals surface area contributed by atoms with Crippen LogP contribution in [0.1, 0.15) is 27.2 Å². The Balaban J connectivity index is 2.61. The van der Waals surface area contributed by atoms with E-state index in [2.05, 4.69) is 0 Å². The normalized spacial score (nSPS) is 46.4. The van der Waals surface area contributed by atoms with Crippen LogP contribution in [-0.2, 0) is 4.74 Å². The summed E-state index contributed by atoms with van der Waals surface area (Å²) in [5, 5.41) is 0. The van der Waals surface area contributed by atoms with Gasteiger partial charge in [0.2, 0.25) is 0 Å². The predicted octanol–water partition coefficient (Wildman–Crippen LogP) is 2.74. The van der Waals surface area contributed by atoms with Crippen LogP contribution in [0.25, 0.3) is 0 Å². The summed E-state index contributed by atoms with van der Waals surface area (Å²) in [5.41, 5.74) is 0. The molecule has 5 unspecified atom stereocenters. The van der Waals surface area contributed by atoms with Crippen molar-refractivity contribution in [1.29, 1.82) is 0 Å². The van der Waals surface area contributed by atoms with Crippen LogP contribution < -0.4 is 0 Å². The minimum absolute atomic E-state index is 0.122. The molecular formula is C10H18F2O. The van der Waals surface area contributed by atoms with Crippen molar-refractivity contribution in [3.63, 3.8) is 0 Å². The minimum Gasteiger partial charge on any atom is -0.375 e. The average molecular weight is 192 g/mol. The summed E-state index contributed by atoms with van der Waals surface area (Å²) >= 11 is 0. The van der Waals surface area contributed by atoms with E-state index in [1.807, 2.05) is 13.8 Å². The minimum atomic E-state index is -1.45. The van der Waals surface area contributed by atoms with Crippen molar-refractivity contribution in [2.75, 3.05) is 6.61 Å². The van der Waals surface area contributed by atoms with E-state index in [0.717, 1.165) is 0 Å². The summed E-state index contributed by atoms with van der Waals surface area (Å²) in [7, 11) is 0. The molecule has 0 saturated heterocycles. The molecule has 1 fully saturated rings. The van der Waals surface area contributed by atoms with E-state index in [1.54, 1.807) is 6.92 Å². The van der Waals surface area contributed by atoms with Crippen molar-refractivity contribution in [3.05, 3.63) is 0 Å². The van der Waals surface area contributed by atoms with Crippen molar-refractivity contribution >= 4 is 0 Å². The number of ether oxygens (including phenoxy) is 1. The Kier molecular flexibility index (Phi) is 3.65. The second-order valence-corrected chi connectivity index (χ2v) is 4.00. The van der Waals surface area contributed by atoms with Crippen LogP contribution >= 0.6 is 0 Å². The average Bonchev–Trinajstić information content (AvgIpc) is 2.09. The third kappa shape index (κ3) is 2.19. The van der Waals surface area contributed by atoms with Crippen LogP contribution in [0.5, 0.6) is 0 Å². The Bertz CT molecular complexity index is 163. The lowest BCUT2D eigenvalue weighted by atomic mass is 9.79. The van der Waals surface area contributed by atoms with Gasteiger partial charge >= 0.3 is 0 Å². The number of hydrogen-bond donors (Lipinski definition) is 0. The largest absolute Gasteiger partial charge is 0.375 e. The van der Waals surface area contributed by atoms with Gasteiger partial charge in [0.15, 0.2) is 6.17 Å². The molecule has 5 atom stereocenters. The van der Waals surface area contributed by atoms with Gasteiger partial charge in [0.1, 0.15) is 6.17 Å². The first-order valence-corrected chi connectivity index (χ1v) is 4.97. The lowest BCUT2D eigenvalue weighted by Crippen LogP contribution is -2.46. The zero-order valence-electron chi connectivity index (χ0n) is 8.47. The lowest BCUT2D eigenvalue weighted by molar-refractivity contribution is -0.0956.